The second-order valence-corrected chi connectivity index (χ2v) is 6.31. The fourth-order valence-electron chi connectivity index (χ4n) is 1.90. The van der Waals surface area contributed by atoms with Gasteiger partial charge in [-0.15, -0.1) is 0 Å². The van der Waals surface area contributed by atoms with Crippen LogP contribution in [0.1, 0.15) is 53.9 Å². The Bertz CT molecular complexity index is 192. The van der Waals surface area contributed by atoms with Crippen LogP contribution >= 0.6 is 0 Å². The molecule has 0 spiro atoms. The minimum absolute atomic E-state index is 0.145. The average molecular weight is 260 g/mol. The predicted molar refractivity (Wildman–Crippen MR) is 75.5 cm³/mol. The van der Waals surface area contributed by atoms with Crippen molar-refractivity contribution in [2.45, 2.75) is 66.1 Å². The molecular formula is C15H32O3. The van der Waals surface area contributed by atoms with Crippen molar-refractivity contribution in [1.29, 1.82) is 0 Å². The molecule has 0 aromatic rings. The number of aliphatic hydroxyl groups is 2. The highest BCUT2D eigenvalue weighted by Gasteiger charge is 2.23. The Morgan fingerprint density at radius 1 is 0.944 bits per heavy atom. The molecule has 0 saturated carbocycles. The molecule has 3 heteroatoms. The molecule has 0 aliphatic carbocycles. The summed E-state index contributed by atoms with van der Waals surface area (Å²) in [5.41, 5.74) is 0. The van der Waals surface area contributed by atoms with E-state index in [2.05, 4.69) is 27.7 Å². The zero-order valence-corrected chi connectivity index (χ0v) is 12.7. The molecule has 3 nitrogen and oxygen atoms in total. The lowest BCUT2D eigenvalue weighted by Crippen LogP contribution is -2.33. The van der Waals surface area contributed by atoms with Gasteiger partial charge in [0.1, 0.15) is 0 Å². The first-order chi connectivity index (χ1) is 8.36. The van der Waals surface area contributed by atoms with Crippen molar-refractivity contribution in [2.75, 3.05) is 13.2 Å². The van der Waals surface area contributed by atoms with E-state index in [1.807, 2.05) is 6.92 Å². The maximum absolute atomic E-state index is 10.2. The molecule has 0 aliphatic rings. The van der Waals surface area contributed by atoms with Gasteiger partial charge in [0.25, 0.3) is 0 Å². The first-order valence-electron chi connectivity index (χ1n) is 7.27. The summed E-state index contributed by atoms with van der Waals surface area (Å²) in [7, 11) is 0. The van der Waals surface area contributed by atoms with Crippen LogP contribution in [0.25, 0.3) is 0 Å². The lowest BCUT2D eigenvalue weighted by molar-refractivity contribution is -0.0602. The highest BCUT2D eigenvalue weighted by atomic mass is 16.5. The van der Waals surface area contributed by atoms with Gasteiger partial charge in [0.2, 0.25) is 0 Å². The van der Waals surface area contributed by atoms with Crippen LogP contribution in [-0.4, -0.2) is 35.6 Å². The van der Waals surface area contributed by atoms with Crippen LogP contribution in [0, 0.1) is 17.8 Å². The number of hydrogen-bond acceptors (Lipinski definition) is 3. The van der Waals surface area contributed by atoms with E-state index < -0.39 is 6.10 Å². The summed E-state index contributed by atoms with van der Waals surface area (Å²) in [5, 5.41) is 19.3. The first-order valence-corrected chi connectivity index (χ1v) is 7.27. The SMILES string of the molecule is CC(C)CCOC(CC(C)CO)C(O)CC(C)C. The van der Waals surface area contributed by atoms with E-state index in [0.717, 1.165) is 19.3 Å². The Hall–Kier alpha value is -0.120. The molecule has 0 saturated heterocycles. The summed E-state index contributed by atoms with van der Waals surface area (Å²) >= 11 is 0. The minimum Gasteiger partial charge on any atom is -0.396 e. The van der Waals surface area contributed by atoms with Crippen LogP contribution in [0.4, 0.5) is 0 Å². The smallest absolute Gasteiger partial charge is 0.0837 e. The molecule has 3 atom stereocenters. The average Bonchev–Trinajstić information content (AvgIpc) is 2.25. The van der Waals surface area contributed by atoms with E-state index in [-0.39, 0.29) is 18.6 Å². The lowest BCUT2D eigenvalue weighted by atomic mass is 9.95. The van der Waals surface area contributed by atoms with Gasteiger partial charge in [-0.2, -0.15) is 0 Å². The summed E-state index contributed by atoms with van der Waals surface area (Å²) < 4.78 is 5.83. The van der Waals surface area contributed by atoms with Gasteiger partial charge in [-0.25, -0.2) is 0 Å². The highest BCUT2D eigenvalue weighted by molar-refractivity contribution is 4.73. The van der Waals surface area contributed by atoms with Gasteiger partial charge >= 0.3 is 0 Å². The molecule has 2 N–H and O–H groups in total. The number of hydrogen-bond donors (Lipinski definition) is 2. The van der Waals surface area contributed by atoms with Crippen LogP contribution in [0.15, 0.2) is 0 Å². The quantitative estimate of drug-likeness (QED) is 0.635. The Balaban J connectivity index is 4.22. The van der Waals surface area contributed by atoms with E-state index in [4.69, 9.17) is 9.84 Å². The van der Waals surface area contributed by atoms with Crippen molar-refractivity contribution in [3.05, 3.63) is 0 Å². The van der Waals surface area contributed by atoms with Crippen LogP contribution in [0.3, 0.4) is 0 Å². The molecule has 0 rings (SSSR count). The standard InChI is InChI=1S/C15H32O3/c1-11(2)6-7-18-15(9-13(5)10-16)14(17)8-12(3)4/h11-17H,6-10H2,1-5H3. The summed E-state index contributed by atoms with van der Waals surface area (Å²) in [4.78, 5) is 0. The Morgan fingerprint density at radius 2 is 1.56 bits per heavy atom. The van der Waals surface area contributed by atoms with E-state index >= 15 is 0 Å². The fraction of sp³-hybridized carbons (Fsp3) is 1.00. The topological polar surface area (TPSA) is 49.7 Å². The molecule has 0 heterocycles. The van der Waals surface area contributed by atoms with Crippen molar-refractivity contribution in [2.24, 2.45) is 17.8 Å². The van der Waals surface area contributed by atoms with Crippen molar-refractivity contribution >= 4 is 0 Å². The molecule has 0 radical (unpaired) electrons. The second kappa shape index (κ2) is 9.76. The van der Waals surface area contributed by atoms with Gasteiger partial charge in [-0.1, -0.05) is 34.6 Å². The normalized spacial score (nSPS) is 17.2. The van der Waals surface area contributed by atoms with E-state index in [9.17, 15) is 5.11 Å². The van der Waals surface area contributed by atoms with Gasteiger partial charge < -0.3 is 14.9 Å². The maximum atomic E-state index is 10.2. The van der Waals surface area contributed by atoms with Gasteiger partial charge in [0, 0.05) is 13.2 Å². The Kier molecular flexibility index (Phi) is 9.70. The molecule has 110 valence electrons. The van der Waals surface area contributed by atoms with E-state index in [0.29, 0.717) is 18.4 Å². The largest absolute Gasteiger partial charge is 0.396 e. The minimum atomic E-state index is -0.425. The molecule has 3 unspecified atom stereocenters. The van der Waals surface area contributed by atoms with Crippen LogP contribution in [0.2, 0.25) is 0 Å². The lowest BCUT2D eigenvalue weighted by Gasteiger charge is -2.27. The molecule has 0 amide bonds. The number of aliphatic hydroxyl groups excluding tert-OH is 2. The molecule has 0 aromatic heterocycles. The Morgan fingerprint density at radius 3 is 2.00 bits per heavy atom. The van der Waals surface area contributed by atoms with Gasteiger partial charge in [-0.3, -0.25) is 0 Å². The molecule has 0 aliphatic heterocycles. The molecular weight excluding hydrogens is 228 g/mol. The molecule has 0 bridgehead atoms. The van der Waals surface area contributed by atoms with Crippen LogP contribution < -0.4 is 0 Å². The van der Waals surface area contributed by atoms with Crippen molar-refractivity contribution in [3.63, 3.8) is 0 Å². The zero-order chi connectivity index (χ0) is 14.1. The molecule has 0 fully saturated rings. The summed E-state index contributed by atoms with van der Waals surface area (Å²) in [6.07, 6.45) is 1.92. The van der Waals surface area contributed by atoms with Crippen LogP contribution in [-0.2, 0) is 4.74 Å². The van der Waals surface area contributed by atoms with Crippen molar-refractivity contribution in [1.82, 2.24) is 0 Å². The van der Waals surface area contributed by atoms with Gasteiger partial charge in [0.15, 0.2) is 0 Å². The third-order valence-corrected chi connectivity index (χ3v) is 3.12. The van der Waals surface area contributed by atoms with Gasteiger partial charge in [0.05, 0.1) is 12.2 Å². The predicted octanol–water partition coefficient (Wildman–Crippen LogP) is 2.84. The Labute approximate surface area is 113 Å². The molecule has 18 heavy (non-hydrogen) atoms. The maximum Gasteiger partial charge on any atom is 0.0837 e. The van der Waals surface area contributed by atoms with Gasteiger partial charge in [-0.05, 0) is 37.0 Å². The number of rotatable bonds is 10. The third-order valence-electron chi connectivity index (χ3n) is 3.12. The van der Waals surface area contributed by atoms with E-state index in [1.165, 1.54) is 0 Å². The number of ether oxygens (including phenoxy) is 1. The monoisotopic (exact) mass is 260 g/mol. The second-order valence-electron chi connectivity index (χ2n) is 6.31. The first kappa shape index (κ1) is 17.9. The summed E-state index contributed by atoms with van der Waals surface area (Å²) in [6.45, 7) is 11.4. The van der Waals surface area contributed by atoms with E-state index in [1.54, 1.807) is 0 Å². The fourth-order valence-corrected chi connectivity index (χ4v) is 1.90. The molecule has 0 aromatic carbocycles. The third kappa shape index (κ3) is 8.90. The summed E-state index contributed by atoms with van der Waals surface area (Å²) in [5.74, 6) is 1.25. The highest BCUT2D eigenvalue weighted by Crippen LogP contribution is 2.18. The van der Waals surface area contributed by atoms with Crippen LogP contribution in [0.5, 0.6) is 0 Å². The zero-order valence-electron chi connectivity index (χ0n) is 12.7. The van der Waals surface area contributed by atoms with Crippen molar-refractivity contribution < 1.29 is 14.9 Å². The van der Waals surface area contributed by atoms with Crippen molar-refractivity contribution in [3.8, 4) is 0 Å². The summed E-state index contributed by atoms with van der Waals surface area (Å²) in [6, 6.07) is 0.